The van der Waals surface area contributed by atoms with Gasteiger partial charge in [-0.25, -0.2) is 23.2 Å². The number of nitrogen functional groups attached to an aromatic ring is 1. The summed E-state index contributed by atoms with van der Waals surface area (Å²) in [5.74, 6) is 0.0919. The minimum absolute atomic E-state index is 0.00911. The van der Waals surface area contributed by atoms with Gasteiger partial charge in [0.2, 0.25) is 5.82 Å². The second-order valence-electron chi connectivity index (χ2n) is 8.89. The van der Waals surface area contributed by atoms with Crippen LogP contribution in [0.25, 0.3) is 11.0 Å². The molecule has 0 saturated carbocycles. The third kappa shape index (κ3) is 7.51. The van der Waals surface area contributed by atoms with E-state index in [0.717, 1.165) is 19.3 Å². The number of aromatic nitrogens is 2. The molecule has 0 amide bonds. The average Bonchev–Trinajstić information content (AvgIpc) is 2.92. The van der Waals surface area contributed by atoms with Crippen molar-refractivity contribution in [3.05, 3.63) is 71.8 Å². The Hall–Kier alpha value is -4.09. The largest absolute Gasteiger partial charge is 0.479 e. The lowest BCUT2D eigenvalue weighted by molar-refractivity contribution is -0.151. The Morgan fingerprint density at radius 3 is 2.38 bits per heavy atom. The Morgan fingerprint density at radius 1 is 0.975 bits per heavy atom. The summed E-state index contributed by atoms with van der Waals surface area (Å²) in [5.41, 5.74) is 6.93. The van der Waals surface area contributed by atoms with Gasteiger partial charge in [0.05, 0.1) is 22.5 Å². The molecular formula is C28H29ClN4O6S. The molecule has 0 fully saturated rings. The molecule has 12 heteroatoms. The highest BCUT2D eigenvalue weighted by molar-refractivity contribution is 7.92. The molecule has 1 atom stereocenters. The van der Waals surface area contributed by atoms with Crippen molar-refractivity contribution in [2.24, 2.45) is 0 Å². The molecule has 0 spiro atoms. The molecule has 4 rings (SSSR count). The predicted molar refractivity (Wildman–Crippen MR) is 153 cm³/mol. The van der Waals surface area contributed by atoms with Gasteiger partial charge in [0.1, 0.15) is 11.5 Å². The highest BCUT2D eigenvalue weighted by Crippen LogP contribution is 2.32. The SMILES string of the molecule is CCCCCOC(=O)C(C)Oc1ccc(Oc2nc3cc(Cl)ccc3nc2NS(=O)(=O)c2ccc(N)cc2)cc1. The number of rotatable bonds is 12. The number of anilines is 2. The molecular weight excluding hydrogens is 556 g/mol. The Labute approximate surface area is 237 Å². The molecule has 3 aromatic carbocycles. The molecule has 1 heterocycles. The summed E-state index contributed by atoms with van der Waals surface area (Å²) in [6.45, 7) is 4.04. The standard InChI is InChI=1S/C28H29ClN4O6S/c1-3-4-5-16-37-28(34)18(2)38-21-9-11-22(12-10-21)39-27-26(31-24-15-6-19(29)17-25(24)32-27)33-40(35,36)23-13-7-20(30)8-14-23/h6-15,17-18H,3-5,16,30H2,1-2H3,(H,31,33). The summed E-state index contributed by atoms with van der Waals surface area (Å²) in [5, 5.41) is 0.433. The number of benzene rings is 3. The first-order chi connectivity index (χ1) is 19.1. The van der Waals surface area contributed by atoms with Crippen LogP contribution in [0.5, 0.6) is 17.4 Å². The third-order valence-corrected chi connectivity index (χ3v) is 7.28. The van der Waals surface area contributed by atoms with Crippen LogP contribution in [0.3, 0.4) is 0 Å². The lowest BCUT2D eigenvalue weighted by atomic mass is 10.3. The Bertz CT molecular complexity index is 1580. The van der Waals surface area contributed by atoms with Gasteiger partial charge in [0.15, 0.2) is 6.10 Å². The first-order valence-corrected chi connectivity index (χ1v) is 14.5. The molecule has 1 unspecified atom stereocenters. The second-order valence-corrected chi connectivity index (χ2v) is 11.0. The first kappa shape index (κ1) is 28.9. The summed E-state index contributed by atoms with van der Waals surface area (Å²) < 4.78 is 45.4. The fourth-order valence-corrected chi connectivity index (χ4v) is 4.74. The number of nitrogens with two attached hydrogens (primary N) is 1. The zero-order valence-electron chi connectivity index (χ0n) is 22.0. The summed E-state index contributed by atoms with van der Waals surface area (Å²) in [7, 11) is -4.04. The number of halogens is 1. The van der Waals surface area contributed by atoms with Crippen LogP contribution in [0.1, 0.15) is 33.1 Å². The van der Waals surface area contributed by atoms with Crippen LogP contribution in [0.4, 0.5) is 11.5 Å². The quantitative estimate of drug-likeness (QED) is 0.117. The van der Waals surface area contributed by atoms with Crippen molar-refractivity contribution in [2.75, 3.05) is 17.1 Å². The summed E-state index contributed by atoms with van der Waals surface area (Å²) in [6.07, 6.45) is 2.04. The van der Waals surface area contributed by atoms with Gasteiger partial charge in [-0.3, -0.25) is 4.72 Å². The number of carbonyl (C=O) groups is 1. The van der Waals surface area contributed by atoms with E-state index < -0.39 is 22.1 Å². The fraction of sp³-hybridized carbons (Fsp3) is 0.250. The second kappa shape index (κ2) is 12.8. The lowest BCUT2D eigenvalue weighted by Crippen LogP contribution is -2.26. The molecule has 10 nitrogen and oxygen atoms in total. The van der Waals surface area contributed by atoms with E-state index in [1.54, 1.807) is 49.4 Å². The number of hydrogen-bond acceptors (Lipinski definition) is 9. The third-order valence-electron chi connectivity index (χ3n) is 5.69. The van der Waals surface area contributed by atoms with E-state index in [1.165, 1.54) is 24.3 Å². The maximum absolute atomic E-state index is 13.1. The molecule has 0 bridgehead atoms. The van der Waals surface area contributed by atoms with Crippen LogP contribution < -0.4 is 19.9 Å². The molecule has 4 aromatic rings. The van der Waals surface area contributed by atoms with Crippen LogP contribution in [0.15, 0.2) is 71.6 Å². The zero-order valence-corrected chi connectivity index (χ0v) is 23.5. The molecule has 40 heavy (non-hydrogen) atoms. The maximum atomic E-state index is 13.1. The number of nitrogens with one attached hydrogen (secondary N) is 1. The van der Waals surface area contributed by atoms with Crippen molar-refractivity contribution in [1.29, 1.82) is 0 Å². The highest BCUT2D eigenvalue weighted by Gasteiger charge is 2.21. The number of ether oxygens (including phenoxy) is 3. The smallest absolute Gasteiger partial charge is 0.347 e. The van der Waals surface area contributed by atoms with Gasteiger partial charge in [-0.1, -0.05) is 31.4 Å². The number of sulfonamides is 1. The van der Waals surface area contributed by atoms with Gasteiger partial charge in [0, 0.05) is 10.7 Å². The van der Waals surface area contributed by atoms with E-state index in [1.807, 2.05) is 0 Å². The molecule has 1 aromatic heterocycles. The van der Waals surface area contributed by atoms with E-state index in [9.17, 15) is 13.2 Å². The lowest BCUT2D eigenvalue weighted by Gasteiger charge is -2.15. The van der Waals surface area contributed by atoms with Gasteiger partial charge in [-0.2, -0.15) is 0 Å². The number of unbranched alkanes of at least 4 members (excludes halogenated alkanes) is 2. The Balaban J connectivity index is 1.54. The van der Waals surface area contributed by atoms with Crippen molar-refractivity contribution >= 4 is 50.1 Å². The summed E-state index contributed by atoms with van der Waals surface area (Å²) >= 11 is 6.12. The van der Waals surface area contributed by atoms with Crippen molar-refractivity contribution in [3.63, 3.8) is 0 Å². The summed E-state index contributed by atoms with van der Waals surface area (Å²) in [6, 6.07) is 17.0. The molecule has 0 radical (unpaired) electrons. The van der Waals surface area contributed by atoms with Gasteiger partial charge >= 0.3 is 5.97 Å². The molecule has 210 valence electrons. The predicted octanol–water partition coefficient (Wildman–Crippen LogP) is 5.96. The molecule has 3 N–H and O–H groups in total. The minimum Gasteiger partial charge on any atom is -0.479 e. The molecule has 0 aliphatic rings. The average molecular weight is 585 g/mol. The number of fused-ring (bicyclic) bond motifs is 1. The van der Waals surface area contributed by atoms with Gasteiger partial charge < -0.3 is 19.9 Å². The molecule has 0 saturated heterocycles. The monoisotopic (exact) mass is 584 g/mol. The topological polar surface area (TPSA) is 143 Å². The van der Waals surface area contributed by atoms with Crippen LogP contribution in [-0.4, -0.2) is 37.1 Å². The maximum Gasteiger partial charge on any atom is 0.347 e. The Kier molecular flexibility index (Phi) is 9.28. The first-order valence-electron chi connectivity index (χ1n) is 12.6. The Morgan fingerprint density at radius 2 is 1.68 bits per heavy atom. The van der Waals surface area contributed by atoms with Crippen molar-refractivity contribution < 1.29 is 27.4 Å². The van der Waals surface area contributed by atoms with Gasteiger partial charge in [0.25, 0.3) is 15.9 Å². The van der Waals surface area contributed by atoms with Crippen molar-refractivity contribution in [1.82, 2.24) is 9.97 Å². The number of nitrogens with zero attached hydrogens (tertiary/aromatic N) is 2. The van der Waals surface area contributed by atoms with E-state index in [-0.39, 0.29) is 16.6 Å². The number of hydrogen-bond donors (Lipinski definition) is 2. The number of carbonyl (C=O) groups excluding carboxylic acids is 1. The van der Waals surface area contributed by atoms with E-state index in [4.69, 9.17) is 31.5 Å². The van der Waals surface area contributed by atoms with Crippen molar-refractivity contribution in [3.8, 4) is 17.4 Å². The summed E-state index contributed by atoms with van der Waals surface area (Å²) in [4.78, 5) is 21.0. The minimum atomic E-state index is -4.04. The van der Waals surface area contributed by atoms with Crippen molar-refractivity contribution in [2.45, 2.75) is 44.1 Å². The molecule has 0 aliphatic heterocycles. The highest BCUT2D eigenvalue weighted by atomic mass is 35.5. The normalized spacial score (nSPS) is 12.1. The number of esters is 1. The van der Waals surface area contributed by atoms with E-state index in [2.05, 4.69) is 21.6 Å². The van der Waals surface area contributed by atoms with Crippen LogP contribution in [0, 0.1) is 0 Å². The molecule has 0 aliphatic carbocycles. The fourth-order valence-electron chi connectivity index (χ4n) is 3.57. The van der Waals surface area contributed by atoms with Crippen LogP contribution in [-0.2, 0) is 19.6 Å². The zero-order chi connectivity index (χ0) is 28.7. The van der Waals surface area contributed by atoms with Gasteiger partial charge in [-0.05, 0) is 80.1 Å². The van der Waals surface area contributed by atoms with E-state index in [0.29, 0.717) is 39.8 Å². The van der Waals surface area contributed by atoms with Crippen LogP contribution in [0.2, 0.25) is 5.02 Å². The van der Waals surface area contributed by atoms with Gasteiger partial charge in [-0.15, -0.1) is 0 Å². The van der Waals surface area contributed by atoms with E-state index >= 15 is 0 Å². The van der Waals surface area contributed by atoms with Crippen LogP contribution >= 0.6 is 11.6 Å².